The van der Waals surface area contributed by atoms with E-state index in [0.717, 1.165) is 23.7 Å². The number of alkyl halides is 3. The second-order valence-corrected chi connectivity index (χ2v) is 12.6. The molecule has 13 heteroatoms. The van der Waals surface area contributed by atoms with Crippen LogP contribution in [0.3, 0.4) is 0 Å². The summed E-state index contributed by atoms with van der Waals surface area (Å²) in [6.07, 6.45) is 0.250. The number of ether oxygens (including phenoxy) is 1. The third-order valence-electron chi connectivity index (χ3n) is 8.02. The number of esters is 1. The van der Waals surface area contributed by atoms with Crippen LogP contribution in [-0.2, 0) is 15.7 Å². The van der Waals surface area contributed by atoms with Gasteiger partial charge in [0.15, 0.2) is 5.69 Å². The van der Waals surface area contributed by atoms with Gasteiger partial charge in [0.2, 0.25) is 0 Å². The van der Waals surface area contributed by atoms with Gasteiger partial charge in [0.05, 0.1) is 53.0 Å². The first-order chi connectivity index (χ1) is 19.2. The van der Waals surface area contributed by atoms with Gasteiger partial charge < -0.3 is 14.7 Å². The average molecular weight is 620 g/mol. The van der Waals surface area contributed by atoms with Crippen molar-refractivity contribution in [3.05, 3.63) is 45.5 Å². The van der Waals surface area contributed by atoms with Crippen molar-refractivity contribution in [2.24, 2.45) is 17.3 Å². The molecule has 2 heterocycles. The van der Waals surface area contributed by atoms with E-state index < -0.39 is 35.5 Å². The molecule has 0 saturated heterocycles. The summed E-state index contributed by atoms with van der Waals surface area (Å²) >= 11 is 12.4. The minimum atomic E-state index is -4.86. The van der Waals surface area contributed by atoms with Crippen LogP contribution in [0.4, 0.5) is 13.2 Å². The molecule has 2 saturated carbocycles. The summed E-state index contributed by atoms with van der Waals surface area (Å²) in [7, 11) is 0. The first-order valence-electron chi connectivity index (χ1n) is 13.8. The Morgan fingerprint density at radius 2 is 1.76 bits per heavy atom. The molecule has 0 radical (unpaired) electrons. The molecule has 1 amide bonds. The van der Waals surface area contributed by atoms with Crippen LogP contribution in [0.1, 0.15) is 93.1 Å². The fourth-order valence-electron chi connectivity index (χ4n) is 6.29. The maximum atomic E-state index is 14.5. The third kappa shape index (κ3) is 7.17. The van der Waals surface area contributed by atoms with Crippen LogP contribution in [0, 0.1) is 17.3 Å². The number of aromatic nitrogens is 3. The van der Waals surface area contributed by atoms with Crippen molar-refractivity contribution in [3.8, 4) is 0 Å². The predicted molar refractivity (Wildman–Crippen MR) is 146 cm³/mol. The molecule has 2 aromatic heterocycles. The van der Waals surface area contributed by atoms with Crippen LogP contribution in [0.15, 0.2) is 18.6 Å². The number of carbonyl (C=O) groups is 2. The van der Waals surface area contributed by atoms with Crippen molar-refractivity contribution >= 4 is 35.1 Å². The molecule has 41 heavy (non-hydrogen) atoms. The lowest BCUT2D eigenvalue weighted by molar-refractivity contribution is -0.151. The Labute approximate surface area is 247 Å². The summed E-state index contributed by atoms with van der Waals surface area (Å²) in [6, 6.07) is -0.625. The molecule has 226 valence electrons. The van der Waals surface area contributed by atoms with E-state index in [1.54, 1.807) is 6.92 Å². The van der Waals surface area contributed by atoms with Crippen molar-refractivity contribution in [2.45, 2.75) is 77.6 Å². The molecule has 1 unspecified atom stereocenters. The largest absolute Gasteiger partial charge is 0.466 e. The molecule has 4 rings (SSSR count). The Morgan fingerprint density at radius 1 is 1.15 bits per heavy atom. The number of carbonyl (C=O) groups excluding carboxylic acids is 2. The van der Waals surface area contributed by atoms with Gasteiger partial charge in [-0.1, -0.05) is 37.0 Å². The maximum absolute atomic E-state index is 14.5. The molecule has 1 atom stereocenters. The highest BCUT2D eigenvalue weighted by molar-refractivity contribution is 6.35. The van der Waals surface area contributed by atoms with Crippen LogP contribution < -0.4 is 0 Å². The Hall–Kier alpha value is -2.37. The van der Waals surface area contributed by atoms with Gasteiger partial charge >= 0.3 is 12.1 Å². The number of aliphatic hydroxyl groups excluding tert-OH is 1. The zero-order chi connectivity index (χ0) is 30.1. The number of aliphatic hydroxyl groups is 1. The fraction of sp³-hybridized carbons (Fsp3) is 0.643. The monoisotopic (exact) mass is 618 g/mol. The van der Waals surface area contributed by atoms with E-state index in [9.17, 15) is 27.9 Å². The molecule has 2 aromatic rings. The zero-order valence-corrected chi connectivity index (χ0v) is 24.8. The molecule has 1 N–H and O–H groups in total. The third-order valence-corrected chi connectivity index (χ3v) is 8.62. The van der Waals surface area contributed by atoms with Gasteiger partial charge in [0, 0.05) is 24.5 Å². The first-order valence-corrected chi connectivity index (χ1v) is 14.5. The average Bonchev–Trinajstić information content (AvgIpc) is 3.33. The highest BCUT2D eigenvalue weighted by Gasteiger charge is 2.44. The highest BCUT2D eigenvalue weighted by Crippen LogP contribution is 2.46. The molecular formula is C28H35Cl2F3N4O4. The SMILES string of the molecule is CCOC(=O)C1CCC(n2ncc(C(=O)N(CC3CC(C)(C)C3)CC(O)c3c(Cl)cncc3Cl)c2C(F)(F)F)CC1. The number of pyridine rings is 1. The minimum absolute atomic E-state index is 0.0621. The maximum Gasteiger partial charge on any atom is 0.433 e. The molecule has 2 aliphatic rings. The Kier molecular flexibility index (Phi) is 9.60. The lowest BCUT2D eigenvalue weighted by atomic mass is 9.64. The second-order valence-electron chi connectivity index (χ2n) is 11.8. The van der Waals surface area contributed by atoms with E-state index in [1.807, 2.05) is 0 Å². The van der Waals surface area contributed by atoms with Gasteiger partial charge in [-0.15, -0.1) is 0 Å². The molecular weight excluding hydrogens is 584 g/mol. The van der Waals surface area contributed by atoms with Crippen LogP contribution in [-0.4, -0.2) is 56.3 Å². The summed E-state index contributed by atoms with van der Waals surface area (Å²) < 4.78 is 49.5. The van der Waals surface area contributed by atoms with E-state index in [-0.39, 0.29) is 58.5 Å². The summed E-state index contributed by atoms with van der Waals surface area (Å²) in [5, 5.41) is 15.2. The van der Waals surface area contributed by atoms with E-state index in [2.05, 4.69) is 23.9 Å². The molecule has 8 nitrogen and oxygen atoms in total. The first kappa shape index (κ1) is 31.6. The van der Waals surface area contributed by atoms with Gasteiger partial charge in [-0.3, -0.25) is 19.3 Å². The standard InChI is InChI=1S/C28H35Cl2F3N4O4/c1-4-41-26(40)17-5-7-18(8-6-17)37-24(28(31,32)33)19(11-35-37)25(39)36(14-16-9-27(2,3)10-16)15-22(38)23-20(29)12-34-13-21(23)30/h11-13,16-18,22,38H,4-10,14-15H2,1-3H3. The molecule has 0 aromatic carbocycles. The van der Waals surface area contributed by atoms with Crippen LogP contribution in [0.5, 0.6) is 0 Å². The fourth-order valence-corrected chi connectivity index (χ4v) is 6.91. The molecule has 2 fully saturated rings. The lowest BCUT2D eigenvalue weighted by Gasteiger charge is -2.45. The van der Waals surface area contributed by atoms with Gasteiger partial charge in [0.1, 0.15) is 0 Å². The van der Waals surface area contributed by atoms with Crippen molar-refractivity contribution in [2.75, 3.05) is 19.7 Å². The molecule has 0 spiro atoms. The smallest absolute Gasteiger partial charge is 0.433 e. The quantitative estimate of drug-likeness (QED) is 0.322. The molecule has 0 bridgehead atoms. The lowest BCUT2D eigenvalue weighted by Crippen LogP contribution is -2.44. The molecule has 2 aliphatic carbocycles. The number of hydrogen-bond donors (Lipinski definition) is 1. The highest BCUT2D eigenvalue weighted by atomic mass is 35.5. The predicted octanol–water partition coefficient (Wildman–Crippen LogP) is 6.51. The van der Waals surface area contributed by atoms with Gasteiger partial charge in [0.25, 0.3) is 5.91 Å². The van der Waals surface area contributed by atoms with Gasteiger partial charge in [-0.2, -0.15) is 18.3 Å². The van der Waals surface area contributed by atoms with E-state index in [4.69, 9.17) is 27.9 Å². The summed E-state index contributed by atoms with van der Waals surface area (Å²) in [6.45, 7) is 5.96. The number of nitrogens with zero attached hydrogens (tertiary/aromatic N) is 4. The number of amides is 1. The summed E-state index contributed by atoms with van der Waals surface area (Å²) in [5.41, 5.74) is -1.49. The van der Waals surface area contributed by atoms with Crippen molar-refractivity contribution in [3.63, 3.8) is 0 Å². The summed E-state index contributed by atoms with van der Waals surface area (Å²) in [4.78, 5) is 31.0. The van der Waals surface area contributed by atoms with E-state index in [0.29, 0.717) is 25.7 Å². The van der Waals surface area contributed by atoms with E-state index >= 15 is 0 Å². The number of hydrogen-bond acceptors (Lipinski definition) is 6. The van der Waals surface area contributed by atoms with Crippen LogP contribution in [0.2, 0.25) is 10.0 Å². The topological polar surface area (TPSA) is 97.6 Å². The summed E-state index contributed by atoms with van der Waals surface area (Å²) in [5.74, 6) is -1.53. The van der Waals surface area contributed by atoms with Crippen molar-refractivity contribution < 1.29 is 32.6 Å². The zero-order valence-electron chi connectivity index (χ0n) is 23.3. The Morgan fingerprint density at radius 3 is 2.29 bits per heavy atom. The minimum Gasteiger partial charge on any atom is -0.466 e. The van der Waals surface area contributed by atoms with Crippen LogP contribution in [0.25, 0.3) is 0 Å². The van der Waals surface area contributed by atoms with E-state index in [1.165, 1.54) is 17.3 Å². The van der Waals surface area contributed by atoms with Crippen molar-refractivity contribution in [1.82, 2.24) is 19.7 Å². The number of rotatable bonds is 9. The van der Waals surface area contributed by atoms with Crippen molar-refractivity contribution in [1.29, 1.82) is 0 Å². The second kappa shape index (κ2) is 12.5. The normalized spacial score (nSPS) is 21.7. The van der Waals surface area contributed by atoms with Gasteiger partial charge in [-0.05, 0) is 56.8 Å². The molecule has 0 aliphatic heterocycles. The Balaban J connectivity index is 1.61. The Bertz CT molecular complexity index is 1230. The number of halogens is 5. The van der Waals surface area contributed by atoms with Crippen LogP contribution >= 0.6 is 23.2 Å². The van der Waals surface area contributed by atoms with Gasteiger partial charge in [-0.25, -0.2) is 0 Å².